The van der Waals surface area contributed by atoms with Crippen LogP contribution in [0, 0.1) is 0 Å². The number of ether oxygens (including phenoxy) is 1. The fraction of sp³-hybridized carbons (Fsp3) is 0.286. The summed E-state index contributed by atoms with van der Waals surface area (Å²) < 4.78 is 29.7. The molecule has 0 bridgehead atoms. The topological polar surface area (TPSA) is 103 Å². The van der Waals surface area contributed by atoms with E-state index in [1.807, 2.05) is 4.90 Å². The fourth-order valence-electron chi connectivity index (χ4n) is 3.53. The number of amides is 1. The first kappa shape index (κ1) is 22.0. The average molecular weight is 464 g/mol. The molecule has 0 spiro atoms. The number of aliphatic hydroxyl groups excluding tert-OH is 1. The molecule has 1 aromatic carbocycles. The Morgan fingerprint density at radius 3 is 2.75 bits per heavy atom. The summed E-state index contributed by atoms with van der Waals surface area (Å²) in [6, 6.07) is 8.84. The number of carbonyl (C=O) groups excluding carboxylic acids is 1. The second-order valence-electron chi connectivity index (χ2n) is 7.33. The number of nitrogens with one attached hydrogen (secondary N) is 2. The molecule has 1 atom stereocenters. The number of H-pyrrole nitrogens is 1. The van der Waals surface area contributed by atoms with Gasteiger partial charge in [0.15, 0.2) is 0 Å². The summed E-state index contributed by atoms with van der Waals surface area (Å²) in [5.74, 6) is 0.0761. The third kappa shape index (κ3) is 5.32. The summed E-state index contributed by atoms with van der Waals surface area (Å²) >= 11 is 4.75. The molecule has 3 N–H and O–H groups in total. The van der Waals surface area contributed by atoms with Gasteiger partial charge in [-0.2, -0.15) is 5.10 Å². The van der Waals surface area contributed by atoms with Crippen molar-refractivity contribution in [1.82, 2.24) is 15.2 Å². The molecule has 4 rings (SSSR count). The minimum absolute atomic E-state index is 0.140. The number of aromatic amines is 1. The second kappa shape index (κ2) is 9.09. The van der Waals surface area contributed by atoms with Crippen molar-refractivity contribution >= 4 is 29.0 Å². The number of pyridine rings is 1. The van der Waals surface area contributed by atoms with E-state index in [0.29, 0.717) is 34.9 Å². The molecule has 1 saturated heterocycles. The molecule has 1 aliphatic rings. The molecular formula is C21H20ClF2N5O3. The number of carbonyl (C=O) groups is 1. The van der Waals surface area contributed by atoms with Crippen molar-refractivity contribution in [2.24, 2.45) is 0 Å². The van der Waals surface area contributed by atoms with E-state index in [2.05, 4.69) is 25.2 Å². The van der Waals surface area contributed by atoms with Gasteiger partial charge in [-0.05, 0) is 49.2 Å². The lowest BCUT2D eigenvalue weighted by molar-refractivity contribution is -0.0964. The van der Waals surface area contributed by atoms with E-state index < -0.39 is 17.6 Å². The number of alkyl halides is 3. The Balaban J connectivity index is 1.56. The maximum atomic E-state index is 12.8. The van der Waals surface area contributed by atoms with E-state index in [1.165, 1.54) is 30.5 Å². The van der Waals surface area contributed by atoms with Gasteiger partial charge in [-0.15, -0.1) is 8.78 Å². The molecule has 3 heterocycles. The zero-order valence-electron chi connectivity index (χ0n) is 16.8. The van der Waals surface area contributed by atoms with E-state index in [9.17, 15) is 18.7 Å². The van der Waals surface area contributed by atoms with Gasteiger partial charge in [-0.3, -0.25) is 9.89 Å². The largest absolute Gasteiger partial charge is 0.487 e. The maximum Gasteiger partial charge on any atom is 0.487 e. The maximum absolute atomic E-state index is 12.8. The molecule has 0 radical (unpaired) electrons. The standard InChI is InChI=1S/C21H20ClF2N5O3/c22-21(23,24)32-16-5-3-14(4-6-16)27-20(31)13-10-17(18-7-8-26-28-18)19(25-11-13)29-9-1-2-15(30)12-29/h3-8,10-11,15,30H,1-2,9,12H2,(H,26,28)(H,27,31). The zero-order valence-corrected chi connectivity index (χ0v) is 17.5. The Bertz CT molecular complexity index is 1070. The number of benzene rings is 1. The fourth-order valence-corrected chi connectivity index (χ4v) is 3.62. The van der Waals surface area contributed by atoms with E-state index in [4.69, 9.17) is 11.6 Å². The summed E-state index contributed by atoms with van der Waals surface area (Å²) in [5, 5.41) is 19.6. The van der Waals surface area contributed by atoms with Gasteiger partial charge in [0, 0.05) is 48.3 Å². The van der Waals surface area contributed by atoms with Crippen LogP contribution in [0.3, 0.4) is 0 Å². The molecule has 0 saturated carbocycles. The summed E-state index contributed by atoms with van der Waals surface area (Å²) in [6.45, 7) is 1.20. The smallest absolute Gasteiger partial charge is 0.420 e. The van der Waals surface area contributed by atoms with Crippen LogP contribution in [-0.4, -0.2) is 51.0 Å². The number of β-amino-alcohol motifs (C(OH)–C–C–N with tert-alkyl or cyclic N) is 1. The monoisotopic (exact) mass is 463 g/mol. The minimum atomic E-state index is -3.81. The Kier molecular flexibility index (Phi) is 6.24. The molecule has 2 aromatic heterocycles. The molecule has 1 fully saturated rings. The third-order valence-corrected chi connectivity index (χ3v) is 5.04. The predicted molar refractivity (Wildman–Crippen MR) is 115 cm³/mol. The van der Waals surface area contributed by atoms with Crippen LogP contribution in [0.2, 0.25) is 0 Å². The lowest BCUT2D eigenvalue weighted by atomic mass is 10.1. The van der Waals surface area contributed by atoms with Crippen molar-refractivity contribution in [3.8, 4) is 17.0 Å². The predicted octanol–water partition coefficient (Wildman–Crippen LogP) is 3.85. The highest BCUT2D eigenvalue weighted by Gasteiger charge is 2.27. The van der Waals surface area contributed by atoms with Crippen LogP contribution < -0.4 is 15.0 Å². The van der Waals surface area contributed by atoms with Crippen LogP contribution in [0.15, 0.2) is 48.8 Å². The number of halogens is 3. The van der Waals surface area contributed by atoms with E-state index in [1.54, 1.807) is 18.3 Å². The van der Waals surface area contributed by atoms with E-state index >= 15 is 0 Å². The number of piperidine rings is 1. The first-order valence-electron chi connectivity index (χ1n) is 9.88. The molecular weight excluding hydrogens is 444 g/mol. The molecule has 8 nitrogen and oxygen atoms in total. The highest BCUT2D eigenvalue weighted by atomic mass is 35.5. The van der Waals surface area contributed by atoms with Gasteiger partial charge in [-0.1, -0.05) is 0 Å². The van der Waals surface area contributed by atoms with Crippen molar-refractivity contribution in [2.45, 2.75) is 24.5 Å². The third-order valence-electron chi connectivity index (χ3n) is 4.96. The number of hydrogen-bond acceptors (Lipinski definition) is 6. The molecule has 32 heavy (non-hydrogen) atoms. The summed E-state index contributed by atoms with van der Waals surface area (Å²) in [7, 11) is 0. The van der Waals surface area contributed by atoms with Crippen molar-refractivity contribution in [3.63, 3.8) is 0 Å². The summed E-state index contributed by atoms with van der Waals surface area (Å²) in [4.78, 5) is 19.3. The van der Waals surface area contributed by atoms with Crippen LogP contribution in [0.5, 0.6) is 5.75 Å². The van der Waals surface area contributed by atoms with E-state index in [0.717, 1.165) is 19.4 Å². The molecule has 168 valence electrons. The first-order valence-corrected chi connectivity index (χ1v) is 10.3. The van der Waals surface area contributed by atoms with Crippen LogP contribution >= 0.6 is 11.6 Å². The Morgan fingerprint density at radius 1 is 1.31 bits per heavy atom. The normalized spacial score (nSPS) is 16.6. The van der Waals surface area contributed by atoms with Gasteiger partial charge in [0.1, 0.15) is 11.6 Å². The Hall–Kier alpha value is -3.24. The van der Waals surface area contributed by atoms with Gasteiger partial charge in [-0.25, -0.2) is 4.98 Å². The molecule has 3 aromatic rings. The molecule has 0 aliphatic carbocycles. The summed E-state index contributed by atoms with van der Waals surface area (Å²) in [6.07, 6.45) is 4.20. The lowest BCUT2D eigenvalue weighted by Crippen LogP contribution is -2.39. The quantitative estimate of drug-likeness (QED) is 0.480. The van der Waals surface area contributed by atoms with Crippen molar-refractivity contribution in [1.29, 1.82) is 0 Å². The minimum Gasteiger partial charge on any atom is -0.420 e. The lowest BCUT2D eigenvalue weighted by Gasteiger charge is -2.32. The zero-order chi connectivity index (χ0) is 22.7. The number of aromatic nitrogens is 3. The average Bonchev–Trinajstić information content (AvgIpc) is 3.28. The molecule has 11 heteroatoms. The van der Waals surface area contributed by atoms with Crippen LogP contribution in [0.25, 0.3) is 11.3 Å². The van der Waals surface area contributed by atoms with Crippen molar-refractivity contribution in [2.75, 3.05) is 23.3 Å². The Labute approximate surface area is 187 Å². The SMILES string of the molecule is O=C(Nc1ccc(OC(F)(F)Cl)cc1)c1cnc(N2CCCC(O)C2)c(-c2ccn[nH]2)c1. The van der Waals surface area contributed by atoms with Crippen LogP contribution in [0.4, 0.5) is 20.3 Å². The Morgan fingerprint density at radius 2 is 2.09 bits per heavy atom. The van der Waals surface area contributed by atoms with Crippen LogP contribution in [-0.2, 0) is 0 Å². The number of hydrogen-bond donors (Lipinski definition) is 3. The number of anilines is 2. The van der Waals surface area contributed by atoms with Crippen molar-refractivity contribution < 1.29 is 23.4 Å². The van der Waals surface area contributed by atoms with E-state index in [-0.39, 0.29) is 5.75 Å². The van der Waals surface area contributed by atoms with Gasteiger partial charge < -0.3 is 20.1 Å². The molecule has 1 unspecified atom stereocenters. The van der Waals surface area contributed by atoms with Gasteiger partial charge in [0.25, 0.3) is 5.91 Å². The molecule has 1 aliphatic heterocycles. The highest BCUT2D eigenvalue weighted by molar-refractivity contribution is 6.20. The van der Waals surface area contributed by atoms with Gasteiger partial charge in [0.2, 0.25) is 0 Å². The van der Waals surface area contributed by atoms with Crippen molar-refractivity contribution in [3.05, 3.63) is 54.4 Å². The highest BCUT2D eigenvalue weighted by Crippen LogP contribution is 2.31. The first-order chi connectivity index (χ1) is 15.3. The van der Waals surface area contributed by atoms with Gasteiger partial charge >= 0.3 is 5.57 Å². The second-order valence-corrected chi connectivity index (χ2v) is 7.77. The van der Waals surface area contributed by atoms with Gasteiger partial charge in [0.05, 0.1) is 17.4 Å². The molecule has 1 amide bonds. The number of nitrogens with zero attached hydrogens (tertiary/aromatic N) is 3. The number of aliphatic hydroxyl groups is 1. The summed E-state index contributed by atoms with van der Waals surface area (Å²) in [5.41, 5.74) is -1.77. The number of rotatable bonds is 6. The van der Waals surface area contributed by atoms with Crippen LogP contribution in [0.1, 0.15) is 23.2 Å².